The third kappa shape index (κ3) is 4.01. The zero-order chi connectivity index (χ0) is 22.0. The van der Waals surface area contributed by atoms with Crippen LogP contribution >= 0.6 is 15.8 Å². The van der Waals surface area contributed by atoms with Gasteiger partial charge < -0.3 is 0 Å². The van der Waals surface area contributed by atoms with E-state index < -0.39 is 15.8 Å². The van der Waals surface area contributed by atoms with E-state index in [1.165, 1.54) is 27.6 Å². The van der Waals surface area contributed by atoms with Gasteiger partial charge >= 0.3 is 0 Å². The Morgan fingerprint density at radius 3 is 0.939 bits per heavy atom. The zero-order valence-electron chi connectivity index (χ0n) is 18.6. The molecule has 6 rings (SSSR count). The molecule has 4 atom stereocenters. The van der Waals surface area contributed by atoms with Crippen LogP contribution in [0.15, 0.2) is 133 Å². The molecule has 0 saturated heterocycles. The molecule has 2 aliphatic carbocycles. The Labute approximate surface area is 199 Å². The van der Waals surface area contributed by atoms with Crippen LogP contribution < -0.4 is 21.2 Å². The molecule has 0 aromatic heterocycles. The maximum absolute atomic E-state index is 2.55. The third-order valence-electron chi connectivity index (χ3n) is 7.11. The maximum atomic E-state index is 2.55. The molecule has 0 spiro atoms. The highest BCUT2D eigenvalue weighted by Crippen LogP contribution is 2.64. The highest BCUT2D eigenvalue weighted by atomic mass is 31.1. The van der Waals surface area contributed by atoms with Gasteiger partial charge in [0.2, 0.25) is 0 Å². The van der Waals surface area contributed by atoms with Gasteiger partial charge in [0.15, 0.2) is 0 Å². The minimum absolute atomic E-state index is 0.454. The van der Waals surface area contributed by atoms with Gasteiger partial charge in [0.1, 0.15) is 0 Å². The van der Waals surface area contributed by atoms with E-state index in [-0.39, 0.29) is 0 Å². The van der Waals surface area contributed by atoms with E-state index in [4.69, 9.17) is 0 Å². The molecular formula is C31H28P2. The quantitative estimate of drug-likeness (QED) is 0.237. The number of hydrogen-bond donors (Lipinski definition) is 0. The van der Waals surface area contributed by atoms with Gasteiger partial charge in [-0.3, -0.25) is 0 Å². The smallest absolute Gasteiger partial charge is 0.00137 e. The molecule has 2 aliphatic rings. The molecule has 1 saturated carbocycles. The summed E-state index contributed by atoms with van der Waals surface area (Å²) in [6, 6.07) is 45.4. The van der Waals surface area contributed by atoms with E-state index >= 15 is 0 Å². The molecule has 33 heavy (non-hydrogen) atoms. The summed E-state index contributed by atoms with van der Waals surface area (Å²) in [5, 5.41) is 6.08. The summed E-state index contributed by atoms with van der Waals surface area (Å²) in [6.45, 7) is 0. The minimum Gasteiger partial charge on any atom is -0.0844 e. The summed E-state index contributed by atoms with van der Waals surface area (Å²) in [4.78, 5) is 0. The summed E-state index contributed by atoms with van der Waals surface area (Å²) in [5.74, 6) is 1.34. The molecule has 0 aliphatic heterocycles. The van der Waals surface area contributed by atoms with Crippen LogP contribution in [-0.2, 0) is 0 Å². The average Bonchev–Trinajstić information content (AvgIpc) is 3.50. The number of fused-ring (bicyclic) bond motifs is 2. The van der Waals surface area contributed by atoms with Gasteiger partial charge in [0.25, 0.3) is 0 Å². The van der Waals surface area contributed by atoms with Crippen molar-refractivity contribution in [3.05, 3.63) is 133 Å². The van der Waals surface area contributed by atoms with Crippen molar-refractivity contribution in [2.75, 3.05) is 0 Å². The van der Waals surface area contributed by atoms with Crippen molar-refractivity contribution in [1.82, 2.24) is 0 Å². The molecule has 2 bridgehead atoms. The van der Waals surface area contributed by atoms with Crippen molar-refractivity contribution in [1.29, 1.82) is 0 Å². The summed E-state index contributed by atoms with van der Waals surface area (Å²) in [6.07, 6.45) is 6.42. The largest absolute Gasteiger partial charge is 0.0844 e. The average molecular weight is 463 g/mol. The maximum Gasteiger partial charge on any atom is 0.00137 e. The highest BCUT2D eigenvalue weighted by Gasteiger charge is 2.51. The SMILES string of the molecule is C1=CC2CC1C(P(c1ccccc1)c1ccccc1)[C@@H]2P(c1ccccc1)c1ccccc1. The van der Waals surface area contributed by atoms with Crippen LogP contribution in [0.25, 0.3) is 0 Å². The molecule has 0 radical (unpaired) electrons. The topological polar surface area (TPSA) is 0 Å². The molecule has 4 aromatic rings. The molecule has 0 nitrogen and oxygen atoms in total. The lowest BCUT2D eigenvalue weighted by Crippen LogP contribution is -2.37. The monoisotopic (exact) mass is 462 g/mol. The van der Waals surface area contributed by atoms with Crippen LogP contribution in [0.1, 0.15) is 6.42 Å². The second kappa shape index (κ2) is 9.38. The second-order valence-corrected chi connectivity index (χ2v) is 13.7. The lowest BCUT2D eigenvalue weighted by molar-refractivity contribution is 0.695. The number of hydrogen-bond acceptors (Lipinski definition) is 0. The standard InChI is InChI=1S/C31H28P2/c1-5-13-26(14-6-1)32(27-15-7-2-8-16-27)30-24-21-22-25(23-24)31(30)33(28-17-9-3-10-18-28)29-19-11-4-12-20-29/h1-22,24-25,30-31H,23H2/t24?,25?,30-,31?/m1/s1. The lowest BCUT2D eigenvalue weighted by Gasteiger charge is -2.40. The van der Waals surface area contributed by atoms with Crippen LogP contribution in [0, 0.1) is 11.8 Å². The van der Waals surface area contributed by atoms with Gasteiger partial charge in [-0.25, -0.2) is 0 Å². The molecule has 162 valence electrons. The van der Waals surface area contributed by atoms with Crippen LogP contribution in [0.5, 0.6) is 0 Å². The van der Waals surface area contributed by atoms with Crippen LogP contribution in [0.3, 0.4) is 0 Å². The van der Waals surface area contributed by atoms with E-state index in [0.717, 1.165) is 0 Å². The second-order valence-electron chi connectivity index (χ2n) is 9.01. The van der Waals surface area contributed by atoms with Crippen molar-refractivity contribution in [3.63, 3.8) is 0 Å². The summed E-state index contributed by atoms with van der Waals surface area (Å²) in [5.41, 5.74) is 1.32. The van der Waals surface area contributed by atoms with Crippen molar-refractivity contribution >= 4 is 37.1 Å². The minimum atomic E-state index is -0.454. The normalized spacial score (nSPS) is 23.5. The van der Waals surface area contributed by atoms with E-state index in [2.05, 4.69) is 133 Å². The van der Waals surface area contributed by atoms with Crippen molar-refractivity contribution < 1.29 is 0 Å². The highest BCUT2D eigenvalue weighted by molar-refractivity contribution is 7.77. The summed E-state index contributed by atoms with van der Waals surface area (Å²) >= 11 is 0. The first kappa shape index (κ1) is 21.0. The fourth-order valence-corrected chi connectivity index (χ4v) is 12.8. The van der Waals surface area contributed by atoms with E-state index in [9.17, 15) is 0 Å². The first-order valence-electron chi connectivity index (χ1n) is 11.9. The van der Waals surface area contributed by atoms with E-state index in [0.29, 0.717) is 23.2 Å². The Bertz CT molecular complexity index is 1030. The molecule has 1 fully saturated rings. The van der Waals surface area contributed by atoms with E-state index in [1.54, 1.807) is 0 Å². The predicted molar refractivity (Wildman–Crippen MR) is 146 cm³/mol. The Morgan fingerprint density at radius 2 is 0.667 bits per heavy atom. The van der Waals surface area contributed by atoms with Gasteiger partial charge in [0.05, 0.1) is 0 Å². The Kier molecular flexibility index (Phi) is 5.98. The third-order valence-corrected chi connectivity index (χ3v) is 13.4. The summed E-state index contributed by atoms with van der Waals surface area (Å²) < 4.78 is 0. The van der Waals surface area contributed by atoms with Gasteiger partial charge in [-0.15, -0.1) is 0 Å². The van der Waals surface area contributed by atoms with Crippen molar-refractivity contribution in [3.8, 4) is 0 Å². The lowest BCUT2D eigenvalue weighted by atomic mass is 10.1. The van der Waals surface area contributed by atoms with E-state index in [1.807, 2.05) is 0 Å². The Balaban J connectivity index is 1.52. The molecular weight excluding hydrogens is 434 g/mol. The van der Waals surface area contributed by atoms with Crippen molar-refractivity contribution in [2.24, 2.45) is 11.8 Å². The number of rotatable bonds is 6. The molecule has 3 unspecified atom stereocenters. The predicted octanol–water partition coefficient (Wildman–Crippen LogP) is 6.20. The van der Waals surface area contributed by atoms with Gasteiger partial charge in [-0.1, -0.05) is 133 Å². The van der Waals surface area contributed by atoms with Crippen LogP contribution in [0.2, 0.25) is 0 Å². The molecule has 4 aromatic carbocycles. The fraction of sp³-hybridized carbons (Fsp3) is 0.161. The zero-order valence-corrected chi connectivity index (χ0v) is 20.4. The Hall–Kier alpha value is -2.52. The first-order chi connectivity index (χ1) is 16.4. The van der Waals surface area contributed by atoms with Gasteiger partial charge in [-0.05, 0) is 55.3 Å². The van der Waals surface area contributed by atoms with Crippen LogP contribution in [0.4, 0.5) is 0 Å². The van der Waals surface area contributed by atoms with Crippen molar-refractivity contribution in [2.45, 2.75) is 17.7 Å². The molecule has 0 heterocycles. The molecule has 0 amide bonds. The van der Waals surface area contributed by atoms with Gasteiger partial charge in [-0.2, -0.15) is 0 Å². The number of benzene rings is 4. The van der Waals surface area contributed by atoms with Crippen LogP contribution in [-0.4, -0.2) is 11.3 Å². The summed E-state index contributed by atoms with van der Waals surface area (Å²) in [7, 11) is -0.909. The first-order valence-corrected chi connectivity index (χ1v) is 14.7. The number of allylic oxidation sites excluding steroid dienone is 2. The molecule has 2 heteroatoms. The molecule has 0 N–H and O–H groups in total. The Morgan fingerprint density at radius 1 is 0.394 bits per heavy atom. The fourth-order valence-electron chi connectivity index (χ4n) is 5.80. The van der Waals surface area contributed by atoms with Gasteiger partial charge in [0, 0.05) is 11.3 Å².